The summed E-state index contributed by atoms with van der Waals surface area (Å²) in [6.07, 6.45) is -3.19. The number of hydrogen-bond acceptors (Lipinski definition) is 3. The van der Waals surface area contributed by atoms with Crippen molar-refractivity contribution in [2.45, 2.75) is 13.1 Å². The fourth-order valence-corrected chi connectivity index (χ4v) is 2.71. The molecule has 3 rings (SSSR count). The van der Waals surface area contributed by atoms with Crippen molar-refractivity contribution in [1.29, 1.82) is 0 Å². The molecular formula is C18H15F3N2O2. The maximum atomic E-state index is 13.1. The number of halogens is 3. The molecule has 7 heteroatoms. The Bertz CT molecular complexity index is 959. The average molecular weight is 348 g/mol. The Morgan fingerprint density at radius 2 is 1.96 bits per heavy atom. The molecule has 0 aliphatic rings. The van der Waals surface area contributed by atoms with Crippen molar-refractivity contribution in [3.8, 4) is 11.6 Å². The van der Waals surface area contributed by atoms with E-state index in [1.165, 1.54) is 25.5 Å². The minimum absolute atomic E-state index is 0.0855. The van der Waals surface area contributed by atoms with Crippen LogP contribution in [0.1, 0.15) is 16.7 Å². The lowest BCUT2D eigenvalue weighted by atomic mass is 10.1. The summed E-state index contributed by atoms with van der Waals surface area (Å²) in [7, 11) is 1.18. The van der Waals surface area contributed by atoms with Crippen LogP contribution in [0.5, 0.6) is 11.6 Å². The minimum atomic E-state index is -4.55. The van der Waals surface area contributed by atoms with Gasteiger partial charge in [-0.15, -0.1) is 0 Å². The Morgan fingerprint density at radius 1 is 1.20 bits per heavy atom. The smallest absolute Gasteiger partial charge is 0.420 e. The van der Waals surface area contributed by atoms with E-state index in [1.54, 1.807) is 6.07 Å². The molecule has 0 radical (unpaired) electrons. The second-order valence-corrected chi connectivity index (χ2v) is 5.53. The first-order valence-corrected chi connectivity index (χ1v) is 7.41. The summed E-state index contributed by atoms with van der Waals surface area (Å²) in [5, 5.41) is 10.8. The number of aromatic amines is 1. The molecule has 0 unspecified atom stereocenters. The van der Waals surface area contributed by atoms with Gasteiger partial charge in [-0.05, 0) is 36.8 Å². The number of aromatic hydroxyl groups is 1. The molecular weight excluding hydrogens is 333 g/mol. The number of nitrogens with zero attached hydrogens (tertiary/aromatic N) is 1. The first kappa shape index (κ1) is 16.9. The number of methoxy groups -OCH3 is 1. The molecule has 1 aromatic heterocycles. The summed E-state index contributed by atoms with van der Waals surface area (Å²) < 4.78 is 44.0. The second-order valence-electron chi connectivity index (χ2n) is 5.53. The maximum absolute atomic E-state index is 13.1. The lowest BCUT2D eigenvalue weighted by Gasteiger charge is -2.12. The number of hydrogen-bond donors (Lipinski definition) is 2. The van der Waals surface area contributed by atoms with Crippen LogP contribution in [0.4, 0.5) is 18.9 Å². The molecule has 2 aromatic carbocycles. The van der Waals surface area contributed by atoms with Crippen LogP contribution in [-0.4, -0.2) is 23.4 Å². The standard InChI is InChI=1S/C18H15F3N2O2/c1-10-4-3-5-14-16(10)12(17(24)23-14)9-22-11-6-7-15(25-2)13(8-11)18(19,20)21/h3-9,23-24H,1-2H3. The average Bonchev–Trinajstić information content (AvgIpc) is 2.88. The van der Waals surface area contributed by atoms with Crippen LogP contribution in [0.3, 0.4) is 0 Å². The summed E-state index contributed by atoms with van der Waals surface area (Å²) in [5.74, 6) is -0.352. The number of benzene rings is 2. The van der Waals surface area contributed by atoms with E-state index in [-0.39, 0.29) is 17.3 Å². The van der Waals surface area contributed by atoms with Crippen LogP contribution < -0.4 is 4.74 Å². The molecule has 0 bridgehead atoms. The highest BCUT2D eigenvalue weighted by molar-refractivity contribution is 6.04. The molecule has 0 saturated carbocycles. The van der Waals surface area contributed by atoms with Crippen molar-refractivity contribution in [2.24, 2.45) is 4.99 Å². The van der Waals surface area contributed by atoms with Crippen LogP contribution in [0, 0.1) is 6.92 Å². The molecule has 0 saturated heterocycles. The van der Waals surface area contributed by atoms with Gasteiger partial charge in [-0.1, -0.05) is 12.1 Å². The number of nitrogens with one attached hydrogen (secondary N) is 1. The van der Waals surface area contributed by atoms with Gasteiger partial charge in [0, 0.05) is 17.1 Å². The van der Waals surface area contributed by atoms with E-state index in [0.29, 0.717) is 5.56 Å². The van der Waals surface area contributed by atoms with Crippen LogP contribution >= 0.6 is 0 Å². The van der Waals surface area contributed by atoms with Crippen LogP contribution in [0.25, 0.3) is 10.9 Å². The Labute approximate surface area is 141 Å². The fourth-order valence-electron chi connectivity index (χ4n) is 2.71. The summed E-state index contributed by atoms with van der Waals surface area (Å²) in [6.45, 7) is 1.88. The largest absolute Gasteiger partial charge is 0.496 e. The topological polar surface area (TPSA) is 57.6 Å². The number of rotatable bonds is 3. The van der Waals surface area contributed by atoms with Gasteiger partial charge in [0.05, 0.1) is 23.9 Å². The first-order chi connectivity index (χ1) is 11.8. The van der Waals surface area contributed by atoms with Gasteiger partial charge in [0.15, 0.2) is 5.88 Å². The van der Waals surface area contributed by atoms with Gasteiger partial charge in [-0.3, -0.25) is 4.99 Å². The third-order valence-electron chi connectivity index (χ3n) is 3.88. The second kappa shape index (κ2) is 6.16. The highest BCUT2D eigenvalue weighted by Gasteiger charge is 2.34. The van der Waals surface area contributed by atoms with Crippen LogP contribution in [-0.2, 0) is 6.18 Å². The lowest BCUT2D eigenvalue weighted by Crippen LogP contribution is -2.07. The highest BCUT2D eigenvalue weighted by atomic mass is 19.4. The predicted octanol–water partition coefficient (Wildman–Crippen LogP) is 4.96. The van der Waals surface area contributed by atoms with E-state index < -0.39 is 11.7 Å². The van der Waals surface area contributed by atoms with Gasteiger partial charge in [0.25, 0.3) is 0 Å². The van der Waals surface area contributed by atoms with Gasteiger partial charge in [0.2, 0.25) is 0 Å². The van der Waals surface area contributed by atoms with Crippen molar-refractivity contribution >= 4 is 22.8 Å². The maximum Gasteiger partial charge on any atom is 0.420 e. The zero-order chi connectivity index (χ0) is 18.2. The van der Waals surface area contributed by atoms with Gasteiger partial charge in [-0.2, -0.15) is 13.2 Å². The molecule has 0 aliphatic carbocycles. The van der Waals surface area contributed by atoms with Crippen molar-refractivity contribution < 1.29 is 23.0 Å². The molecule has 0 spiro atoms. The number of ether oxygens (including phenoxy) is 1. The summed E-state index contributed by atoms with van der Waals surface area (Å²) >= 11 is 0. The monoisotopic (exact) mass is 348 g/mol. The van der Waals surface area contributed by atoms with E-state index in [4.69, 9.17) is 4.74 Å². The van der Waals surface area contributed by atoms with E-state index >= 15 is 0 Å². The Morgan fingerprint density at radius 3 is 2.64 bits per heavy atom. The molecule has 1 heterocycles. The zero-order valence-electron chi connectivity index (χ0n) is 13.5. The van der Waals surface area contributed by atoms with Crippen molar-refractivity contribution in [2.75, 3.05) is 7.11 Å². The van der Waals surface area contributed by atoms with Crippen molar-refractivity contribution in [3.63, 3.8) is 0 Å². The highest BCUT2D eigenvalue weighted by Crippen LogP contribution is 2.38. The van der Waals surface area contributed by atoms with E-state index in [9.17, 15) is 18.3 Å². The number of aryl methyl sites for hydroxylation is 1. The number of H-pyrrole nitrogens is 1. The Kier molecular flexibility index (Phi) is 4.16. The Balaban J connectivity index is 2.05. The van der Waals surface area contributed by atoms with Gasteiger partial charge < -0.3 is 14.8 Å². The van der Waals surface area contributed by atoms with Crippen molar-refractivity contribution in [3.05, 3.63) is 53.1 Å². The SMILES string of the molecule is COc1ccc(N=Cc2c(O)[nH]c3cccc(C)c23)cc1C(F)(F)F. The molecule has 0 amide bonds. The summed E-state index contributed by atoms with van der Waals surface area (Å²) in [4.78, 5) is 6.91. The third-order valence-corrected chi connectivity index (χ3v) is 3.88. The van der Waals surface area contributed by atoms with Crippen molar-refractivity contribution in [1.82, 2.24) is 4.98 Å². The normalized spacial score (nSPS) is 12.2. The third kappa shape index (κ3) is 3.17. The number of alkyl halides is 3. The van der Waals surface area contributed by atoms with Gasteiger partial charge in [-0.25, -0.2) is 0 Å². The van der Waals surface area contributed by atoms with Crippen LogP contribution in [0.15, 0.2) is 41.4 Å². The molecule has 4 nitrogen and oxygen atoms in total. The minimum Gasteiger partial charge on any atom is -0.496 e. The van der Waals surface area contributed by atoms with E-state index in [1.807, 2.05) is 19.1 Å². The molecule has 0 atom stereocenters. The van der Waals surface area contributed by atoms with E-state index in [2.05, 4.69) is 9.98 Å². The first-order valence-electron chi connectivity index (χ1n) is 7.41. The Hall–Kier alpha value is -2.96. The number of aliphatic imine (C=N–C) groups is 1. The molecule has 2 N–H and O–H groups in total. The molecule has 25 heavy (non-hydrogen) atoms. The summed E-state index contributed by atoms with van der Waals surface area (Å²) in [6, 6.07) is 9.07. The fraction of sp³-hybridized carbons (Fsp3) is 0.167. The molecule has 0 fully saturated rings. The summed E-state index contributed by atoms with van der Waals surface area (Å²) in [5.41, 5.74) is 1.28. The van der Waals surface area contributed by atoms with Crippen LogP contribution in [0.2, 0.25) is 0 Å². The molecule has 3 aromatic rings. The zero-order valence-corrected chi connectivity index (χ0v) is 13.5. The number of fused-ring (bicyclic) bond motifs is 1. The quantitative estimate of drug-likeness (QED) is 0.657. The lowest BCUT2D eigenvalue weighted by molar-refractivity contribution is -0.138. The van der Waals surface area contributed by atoms with Gasteiger partial charge in [0.1, 0.15) is 5.75 Å². The van der Waals surface area contributed by atoms with Gasteiger partial charge >= 0.3 is 6.18 Å². The predicted molar refractivity (Wildman–Crippen MR) is 90.0 cm³/mol. The number of aromatic nitrogens is 1. The van der Waals surface area contributed by atoms with E-state index in [0.717, 1.165) is 22.5 Å². The molecule has 130 valence electrons. The molecule has 0 aliphatic heterocycles.